The lowest BCUT2D eigenvalue weighted by Crippen LogP contribution is -2.35. The molecule has 2 rings (SSSR count). The van der Waals surface area contributed by atoms with Crippen LogP contribution in [0.2, 0.25) is 0 Å². The van der Waals surface area contributed by atoms with Gasteiger partial charge in [0.25, 0.3) is 0 Å². The third-order valence-electron chi connectivity index (χ3n) is 3.31. The van der Waals surface area contributed by atoms with E-state index in [9.17, 15) is 4.79 Å². The Kier molecular flexibility index (Phi) is 5.38. The molecule has 20 heavy (non-hydrogen) atoms. The van der Waals surface area contributed by atoms with E-state index in [1.807, 2.05) is 24.3 Å². The molecule has 1 saturated heterocycles. The lowest BCUT2D eigenvalue weighted by atomic mass is 10.2. The topological polar surface area (TPSA) is 59.6 Å². The summed E-state index contributed by atoms with van der Waals surface area (Å²) in [7, 11) is 1.67. The van der Waals surface area contributed by atoms with Crippen LogP contribution in [0.15, 0.2) is 24.3 Å². The van der Waals surface area contributed by atoms with Crippen LogP contribution in [0.3, 0.4) is 0 Å². The molecule has 0 bridgehead atoms. The largest absolute Gasteiger partial charge is 0.494 e. The molecule has 1 aromatic rings. The van der Waals surface area contributed by atoms with Gasteiger partial charge in [-0.15, -0.1) is 0 Å². The maximum atomic E-state index is 12.1. The van der Waals surface area contributed by atoms with E-state index < -0.39 is 0 Å². The molecule has 0 radical (unpaired) electrons. The fraction of sp³-hybridized carbons (Fsp3) is 0.533. The number of carbonyl (C=O) groups excluding carboxylic acids is 1. The van der Waals surface area contributed by atoms with Crippen LogP contribution in [0.4, 0.5) is 5.69 Å². The monoisotopic (exact) mass is 278 g/mol. The Morgan fingerprint density at radius 1 is 1.50 bits per heavy atom. The standard InChI is InChI=1S/C15H22N2O3/c1-3-7-20-12-6-4-5-11(8-12)17-15(18)14-9-13(19-2)10-16-14/h4-6,8,13-14,16H,3,7,9-10H2,1-2H3,(H,17,18). The number of carbonyl (C=O) groups is 1. The maximum Gasteiger partial charge on any atom is 0.241 e. The van der Waals surface area contributed by atoms with Gasteiger partial charge in [0.05, 0.1) is 18.8 Å². The highest BCUT2D eigenvalue weighted by molar-refractivity contribution is 5.95. The second kappa shape index (κ2) is 7.26. The molecular formula is C15H22N2O3. The minimum atomic E-state index is -0.194. The molecular weight excluding hydrogens is 256 g/mol. The predicted octanol–water partition coefficient (Wildman–Crippen LogP) is 1.79. The molecule has 0 saturated carbocycles. The van der Waals surface area contributed by atoms with Gasteiger partial charge in [0.1, 0.15) is 5.75 Å². The predicted molar refractivity (Wildman–Crippen MR) is 78.1 cm³/mol. The smallest absolute Gasteiger partial charge is 0.241 e. The van der Waals surface area contributed by atoms with Crippen LogP contribution in [0.5, 0.6) is 5.75 Å². The van der Waals surface area contributed by atoms with Crippen LogP contribution in [0, 0.1) is 0 Å². The number of rotatable bonds is 6. The van der Waals surface area contributed by atoms with Crippen LogP contribution in [0.25, 0.3) is 0 Å². The summed E-state index contributed by atoms with van der Waals surface area (Å²) in [5.74, 6) is 0.746. The second-order valence-corrected chi connectivity index (χ2v) is 4.92. The Balaban J connectivity index is 1.91. The Bertz CT molecular complexity index is 450. The van der Waals surface area contributed by atoms with Crippen molar-refractivity contribution in [2.75, 3.05) is 25.6 Å². The Morgan fingerprint density at radius 3 is 3.05 bits per heavy atom. The summed E-state index contributed by atoms with van der Waals surface area (Å²) in [6, 6.07) is 7.27. The summed E-state index contributed by atoms with van der Waals surface area (Å²) in [5, 5.41) is 6.07. The lowest BCUT2D eigenvalue weighted by molar-refractivity contribution is -0.118. The first-order chi connectivity index (χ1) is 9.72. The van der Waals surface area contributed by atoms with Crippen molar-refractivity contribution in [3.05, 3.63) is 24.3 Å². The minimum Gasteiger partial charge on any atom is -0.494 e. The molecule has 1 amide bonds. The number of hydrogen-bond donors (Lipinski definition) is 2. The summed E-state index contributed by atoms with van der Waals surface area (Å²) in [6.07, 6.45) is 1.78. The summed E-state index contributed by atoms with van der Waals surface area (Å²) in [4.78, 5) is 12.1. The van der Waals surface area contributed by atoms with E-state index in [0.717, 1.165) is 17.9 Å². The molecule has 5 heteroatoms. The second-order valence-electron chi connectivity index (χ2n) is 4.92. The normalized spacial score (nSPS) is 21.7. The van der Waals surface area contributed by atoms with Crippen LogP contribution in [0.1, 0.15) is 19.8 Å². The van der Waals surface area contributed by atoms with Crippen molar-refractivity contribution >= 4 is 11.6 Å². The first kappa shape index (κ1) is 14.8. The Hall–Kier alpha value is -1.59. The van der Waals surface area contributed by atoms with E-state index in [4.69, 9.17) is 9.47 Å². The van der Waals surface area contributed by atoms with Crippen molar-refractivity contribution in [2.45, 2.75) is 31.9 Å². The van der Waals surface area contributed by atoms with Gasteiger partial charge in [-0.05, 0) is 25.0 Å². The SMILES string of the molecule is CCCOc1cccc(NC(=O)C2CC(OC)CN2)c1. The number of methoxy groups -OCH3 is 1. The first-order valence-corrected chi connectivity index (χ1v) is 7.02. The maximum absolute atomic E-state index is 12.1. The van der Waals surface area contributed by atoms with Crippen molar-refractivity contribution in [3.63, 3.8) is 0 Å². The summed E-state index contributed by atoms with van der Waals surface area (Å²) < 4.78 is 10.8. The average Bonchev–Trinajstić information content (AvgIpc) is 2.94. The summed E-state index contributed by atoms with van der Waals surface area (Å²) >= 11 is 0. The quantitative estimate of drug-likeness (QED) is 0.833. The van der Waals surface area contributed by atoms with E-state index in [2.05, 4.69) is 17.6 Å². The van der Waals surface area contributed by atoms with E-state index in [1.54, 1.807) is 7.11 Å². The van der Waals surface area contributed by atoms with Gasteiger partial charge in [-0.2, -0.15) is 0 Å². The van der Waals surface area contributed by atoms with E-state index in [-0.39, 0.29) is 18.1 Å². The molecule has 0 spiro atoms. The number of anilines is 1. The molecule has 110 valence electrons. The highest BCUT2D eigenvalue weighted by Gasteiger charge is 2.29. The molecule has 1 fully saturated rings. The lowest BCUT2D eigenvalue weighted by Gasteiger charge is -2.12. The molecule has 1 aliphatic rings. The van der Waals surface area contributed by atoms with Crippen LogP contribution in [-0.2, 0) is 9.53 Å². The molecule has 0 aromatic heterocycles. The molecule has 2 N–H and O–H groups in total. The molecule has 1 aromatic carbocycles. The summed E-state index contributed by atoms with van der Waals surface area (Å²) in [5.41, 5.74) is 0.756. The van der Waals surface area contributed by atoms with Crippen LogP contribution < -0.4 is 15.4 Å². The van der Waals surface area contributed by atoms with Gasteiger partial charge < -0.3 is 20.1 Å². The highest BCUT2D eigenvalue weighted by atomic mass is 16.5. The molecule has 5 nitrogen and oxygen atoms in total. The van der Waals surface area contributed by atoms with Crippen molar-refractivity contribution < 1.29 is 14.3 Å². The van der Waals surface area contributed by atoms with Gasteiger partial charge >= 0.3 is 0 Å². The molecule has 2 atom stereocenters. The number of amides is 1. The molecule has 0 aliphatic carbocycles. The number of benzene rings is 1. The highest BCUT2D eigenvalue weighted by Crippen LogP contribution is 2.19. The average molecular weight is 278 g/mol. The number of hydrogen-bond acceptors (Lipinski definition) is 4. The van der Waals surface area contributed by atoms with Gasteiger partial charge in [0, 0.05) is 25.4 Å². The van der Waals surface area contributed by atoms with Gasteiger partial charge in [-0.3, -0.25) is 4.79 Å². The van der Waals surface area contributed by atoms with E-state index in [1.165, 1.54) is 0 Å². The number of nitrogens with one attached hydrogen (secondary N) is 2. The first-order valence-electron chi connectivity index (χ1n) is 7.02. The van der Waals surface area contributed by atoms with Gasteiger partial charge in [0.2, 0.25) is 5.91 Å². The van der Waals surface area contributed by atoms with Crippen molar-refractivity contribution in [3.8, 4) is 5.75 Å². The Labute approximate surface area is 119 Å². The minimum absolute atomic E-state index is 0.0304. The van der Waals surface area contributed by atoms with Crippen LogP contribution in [-0.4, -0.2) is 38.3 Å². The number of ether oxygens (including phenoxy) is 2. The molecule has 2 unspecified atom stereocenters. The van der Waals surface area contributed by atoms with Crippen LogP contribution >= 0.6 is 0 Å². The fourth-order valence-corrected chi connectivity index (χ4v) is 2.20. The zero-order valence-electron chi connectivity index (χ0n) is 12.0. The van der Waals surface area contributed by atoms with Crippen molar-refractivity contribution in [1.29, 1.82) is 0 Å². The van der Waals surface area contributed by atoms with Crippen molar-refractivity contribution in [1.82, 2.24) is 5.32 Å². The third-order valence-corrected chi connectivity index (χ3v) is 3.31. The van der Waals surface area contributed by atoms with Crippen molar-refractivity contribution in [2.24, 2.45) is 0 Å². The van der Waals surface area contributed by atoms with Gasteiger partial charge in [-0.1, -0.05) is 13.0 Å². The molecule has 1 heterocycles. The zero-order valence-corrected chi connectivity index (χ0v) is 12.0. The van der Waals surface area contributed by atoms with Gasteiger partial charge in [0.15, 0.2) is 0 Å². The van der Waals surface area contributed by atoms with E-state index >= 15 is 0 Å². The van der Waals surface area contributed by atoms with E-state index in [0.29, 0.717) is 19.6 Å². The zero-order chi connectivity index (χ0) is 14.4. The summed E-state index contributed by atoms with van der Waals surface area (Å²) in [6.45, 7) is 3.45. The molecule has 1 aliphatic heterocycles. The van der Waals surface area contributed by atoms with Gasteiger partial charge in [-0.25, -0.2) is 0 Å². The Morgan fingerprint density at radius 2 is 2.35 bits per heavy atom. The third kappa shape index (κ3) is 3.95. The fourth-order valence-electron chi connectivity index (χ4n) is 2.20.